The first-order valence-corrected chi connectivity index (χ1v) is 9.37. The van der Waals surface area contributed by atoms with Crippen LogP contribution < -0.4 is 10.1 Å². The standard InChI is InChI=1S/C20H17F2NO5S/c1-26-14-4-7-16-12(10-27-17(16)9-14)8-19(25)28-11-18(24)23-13-2-5-15(6-3-13)29-20(21)22/h2-7,9-10,20H,8,11H2,1H3,(H,23,24). The number of carbonyl (C=O) groups is 2. The van der Waals surface area contributed by atoms with E-state index in [1.54, 1.807) is 25.3 Å². The zero-order valence-electron chi connectivity index (χ0n) is 15.3. The number of methoxy groups -OCH3 is 1. The van der Waals surface area contributed by atoms with Crippen LogP contribution in [0.25, 0.3) is 11.0 Å². The molecule has 3 aromatic rings. The summed E-state index contributed by atoms with van der Waals surface area (Å²) in [6, 6.07) is 11.2. The van der Waals surface area contributed by atoms with Crippen LogP contribution in [0.5, 0.6) is 5.75 Å². The van der Waals surface area contributed by atoms with Gasteiger partial charge in [-0.15, -0.1) is 0 Å². The molecule has 0 radical (unpaired) electrons. The number of hydrogen-bond donors (Lipinski definition) is 1. The highest BCUT2D eigenvalue weighted by Gasteiger charge is 2.14. The van der Waals surface area contributed by atoms with Gasteiger partial charge >= 0.3 is 5.97 Å². The molecule has 3 rings (SSSR count). The summed E-state index contributed by atoms with van der Waals surface area (Å²) in [5.41, 5.74) is 1.64. The van der Waals surface area contributed by atoms with Gasteiger partial charge in [0.2, 0.25) is 0 Å². The van der Waals surface area contributed by atoms with Gasteiger partial charge in [-0.1, -0.05) is 11.8 Å². The number of halogens is 2. The molecule has 1 amide bonds. The Morgan fingerprint density at radius 2 is 1.93 bits per heavy atom. The molecule has 9 heteroatoms. The lowest BCUT2D eigenvalue weighted by molar-refractivity contribution is -0.146. The van der Waals surface area contributed by atoms with Crippen molar-refractivity contribution >= 4 is 40.3 Å². The predicted octanol–water partition coefficient (Wildman–Crippen LogP) is 4.48. The second-order valence-electron chi connectivity index (χ2n) is 5.91. The monoisotopic (exact) mass is 421 g/mol. The molecule has 0 saturated carbocycles. The van der Waals surface area contributed by atoms with Crippen molar-refractivity contribution in [1.82, 2.24) is 0 Å². The maximum absolute atomic E-state index is 12.3. The third-order valence-corrected chi connectivity index (χ3v) is 4.65. The van der Waals surface area contributed by atoms with Crippen LogP contribution in [-0.4, -0.2) is 31.4 Å². The fourth-order valence-corrected chi connectivity index (χ4v) is 3.10. The zero-order chi connectivity index (χ0) is 20.8. The van der Waals surface area contributed by atoms with Crippen LogP contribution in [0.3, 0.4) is 0 Å². The van der Waals surface area contributed by atoms with Crippen LogP contribution in [0.1, 0.15) is 5.56 Å². The molecule has 0 spiro atoms. The van der Waals surface area contributed by atoms with Gasteiger partial charge in [0.1, 0.15) is 11.3 Å². The SMILES string of the molecule is COc1ccc2c(CC(=O)OCC(=O)Nc3ccc(SC(F)F)cc3)coc2c1. The number of carbonyl (C=O) groups excluding carboxylic acids is 2. The van der Waals surface area contributed by atoms with E-state index in [0.717, 1.165) is 5.39 Å². The normalized spacial score (nSPS) is 10.9. The molecule has 1 N–H and O–H groups in total. The Morgan fingerprint density at radius 1 is 1.17 bits per heavy atom. The Morgan fingerprint density at radius 3 is 2.62 bits per heavy atom. The van der Waals surface area contributed by atoms with E-state index >= 15 is 0 Å². The molecule has 0 atom stereocenters. The lowest BCUT2D eigenvalue weighted by Gasteiger charge is -2.07. The van der Waals surface area contributed by atoms with Gasteiger partial charge in [-0.05, 0) is 36.4 Å². The average molecular weight is 421 g/mol. The Bertz CT molecular complexity index is 1000. The number of amides is 1. The molecule has 2 aromatic carbocycles. The number of hydrogen-bond acceptors (Lipinski definition) is 6. The molecule has 0 saturated heterocycles. The lowest BCUT2D eigenvalue weighted by atomic mass is 10.1. The fourth-order valence-electron chi connectivity index (χ4n) is 2.60. The highest BCUT2D eigenvalue weighted by molar-refractivity contribution is 7.99. The number of anilines is 1. The summed E-state index contributed by atoms with van der Waals surface area (Å²) in [5, 5.41) is 3.29. The number of fused-ring (bicyclic) bond motifs is 1. The summed E-state index contributed by atoms with van der Waals surface area (Å²) in [7, 11) is 1.55. The maximum atomic E-state index is 12.3. The van der Waals surface area contributed by atoms with E-state index < -0.39 is 24.2 Å². The second kappa shape index (κ2) is 9.42. The smallest absolute Gasteiger partial charge is 0.310 e. The lowest BCUT2D eigenvalue weighted by Crippen LogP contribution is -2.21. The van der Waals surface area contributed by atoms with Crippen molar-refractivity contribution in [2.75, 3.05) is 19.0 Å². The van der Waals surface area contributed by atoms with E-state index in [0.29, 0.717) is 39.2 Å². The minimum atomic E-state index is -2.51. The third kappa shape index (κ3) is 5.71. The number of esters is 1. The number of nitrogens with one attached hydrogen (secondary N) is 1. The maximum Gasteiger partial charge on any atom is 0.310 e. The van der Waals surface area contributed by atoms with E-state index in [2.05, 4.69) is 5.32 Å². The zero-order valence-corrected chi connectivity index (χ0v) is 16.1. The van der Waals surface area contributed by atoms with Crippen LogP contribution in [0.2, 0.25) is 0 Å². The van der Waals surface area contributed by atoms with Crippen LogP contribution in [0, 0.1) is 0 Å². The first kappa shape index (κ1) is 20.7. The molecule has 0 fully saturated rings. The molecule has 0 aliphatic heterocycles. The second-order valence-corrected chi connectivity index (χ2v) is 6.98. The van der Waals surface area contributed by atoms with Crippen molar-refractivity contribution in [2.45, 2.75) is 17.1 Å². The largest absolute Gasteiger partial charge is 0.497 e. The van der Waals surface area contributed by atoms with Crippen molar-refractivity contribution in [2.24, 2.45) is 0 Å². The first-order valence-electron chi connectivity index (χ1n) is 8.49. The van der Waals surface area contributed by atoms with Crippen molar-refractivity contribution in [1.29, 1.82) is 0 Å². The molecular weight excluding hydrogens is 404 g/mol. The summed E-state index contributed by atoms with van der Waals surface area (Å²) in [6.45, 7) is -0.462. The first-order chi connectivity index (χ1) is 13.9. The van der Waals surface area contributed by atoms with E-state index in [1.165, 1.54) is 30.5 Å². The van der Waals surface area contributed by atoms with Crippen molar-refractivity contribution in [3.05, 3.63) is 54.3 Å². The van der Waals surface area contributed by atoms with Crippen molar-refractivity contribution in [3.8, 4) is 5.75 Å². The average Bonchev–Trinajstić information content (AvgIpc) is 3.09. The van der Waals surface area contributed by atoms with E-state index in [-0.39, 0.29) is 6.42 Å². The van der Waals surface area contributed by atoms with Crippen molar-refractivity contribution < 1.29 is 32.3 Å². The van der Waals surface area contributed by atoms with Gasteiger partial charge in [-0.25, -0.2) is 0 Å². The van der Waals surface area contributed by atoms with Crippen molar-refractivity contribution in [3.63, 3.8) is 0 Å². The van der Waals surface area contributed by atoms with Crippen LogP contribution in [-0.2, 0) is 20.7 Å². The third-order valence-electron chi connectivity index (χ3n) is 3.93. The molecular formula is C20H17F2NO5S. The van der Waals surface area contributed by atoms with E-state index in [9.17, 15) is 18.4 Å². The van der Waals surface area contributed by atoms with Gasteiger partial charge in [0, 0.05) is 27.6 Å². The Hall–Kier alpha value is -3.07. The molecule has 0 aliphatic rings. The van der Waals surface area contributed by atoms with Gasteiger partial charge < -0.3 is 19.2 Å². The molecule has 152 valence electrons. The summed E-state index contributed by atoms with van der Waals surface area (Å²) < 4.78 is 40.1. The topological polar surface area (TPSA) is 77.8 Å². The number of furan rings is 1. The Balaban J connectivity index is 1.49. The summed E-state index contributed by atoms with van der Waals surface area (Å²) in [5.74, 6) is -2.99. The Kier molecular flexibility index (Phi) is 6.71. The summed E-state index contributed by atoms with van der Waals surface area (Å²) in [6.07, 6.45) is 1.41. The van der Waals surface area contributed by atoms with Gasteiger partial charge in [-0.3, -0.25) is 9.59 Å². The minimum absolute atomic E-state index is 0.0494. The molecule has 0 bridgehead atoms. The number of alkyl halides is 2. The van der Waals surface area contributed by atoms with Crippen LogP contribution >= 0.6 is 11.8 Å². The molecule has 6 nitrogen and oxygen atoms in total. The molecule has 29 heavy (non-hydrogen) atoms. The summed E-state index contributed by atoms with van der Waals surface area (Å²) in [4.78, 5) is 24.3. The summed E-state index contributed by atoms with van der Waals surface area (Å²) >= 11 is 0.414. The number of rotatable bonds is 8. The highest BCUT2D eigenvalue weighted by atomic mass is 32.2. The number of thioether (sulfide) groups is 1. The van der Waals surface area contributed by atoms with E-state index in [1.807, 2.05) is 0 Å². The van der Waals surface area contributed by atoms with Gasteiger partial charge in [0.25, 0.3) is 11.7 Å². The minimum Gasteiger partial charge on any atom is -0.497 e. The highest BCUT2D eigenvalue weighted by Crippen LogP contribution is 2.27. The Labute approximate surface area is 169 Å². The van der Waals surface area contributed by atoms with Gasteiger partial charge in [0.15, 0.2) is 6.61 Å². The van der Waals surface area contributed by atoms with Gasteiger partial charge in [-0.2, -0.15) is 8.78 Å². The number of benzene rings is 2. The van der Waals surface area contributed by atoms with Gasteiger partial charge in [0.05, 0.1) is 19.8 Å². The van der Waals surface area contributed by atoms with E-state index in [4.69, 9.17) is 13.9 Å². The molecule has 1 aromatic heterocycles. The number of ether oxygens (including phenoxy) is 2. The quantitative estimate of drug-likeness (QED) is 0.427. The fraction of sp³-hybridized carbons (Fsp3) is 0.200. The predicted molar refractivity (Wildman–Crippen MR) is 104 cm³/mol. The molecule has 0 unspecified atom stereocenters. The molecule has 1 heterocycles. The molecule has 0 aliphatic carbocycles. The van der Waals surface area contributed by atoms with Crippen LogP contribution in [0.4, 0.5) is 14.5 Å². The van der Waals surface area contributed by atoms with Crippen LogP contribution in [0.15, 0.2) is 58.0 Å².